The Balaban J connectivity index is 1.49. The largest absolute Gasteiger partial charge is 0.481 e. The van der Waals surface area contributed by atoms with Gasteiger partial charge in [0, 0.05) is 61.2 Å². The van der Waals surface area contributed by atoms with E-state index in [9.17, 15) is 0 Å². The molecule has 0 bridgehead atoms. The quantitative estimate of drug-likeness (QED) is 0.866. The Morgan fingerprint density at radius 1 is 1.32 bits per heavy atom. The summed E-state index contributed by atoms with van der Waals surface area (Å²) in [5.41, 5.74) is 3.63. The zero-order valence-electron chi connectivity index (χ0n) is 12.8. The first-order valence-electron chi connectivity index (χ1n) is 7.88. The van der Waals surface area contributed by atoms with Crippen LogP contribution < -0.4 is 4.74 Å². The predicted molar refractivity (Wildman–Crippen MR) is 82.6 cm³/mol. The molecule has 2 aromatic rings. The molecule has 2 aromatic heterocycles. The van der Waals surface area contributed by atoms with Gasteiger partial charge in [0.1, 0.15) is 5.82 Å². The molecule has 2 aliphatic rings. The molecular weight excluding hydrogens is 276 g/mol. The Morgan fingerprint density at radius 3 is 3.05 bits per heavy atom. The number of aromatic nitrogens is 3. The fourth-order valence-corrected chi connectivity index (χ4v) is 3.03. The lowest BCUT2D eigenvalue weighted by molar-refractivity contribution is 0.238. The summed E-state index contributed by atoms with van der Waals surface area (Å²) >= 11 is 0. The van der Waals surface area contributed by atoms with Crippen molar-refractivity contribution in [1.29, 1.82) is 0 Å². The summed E-state index contributed by atoms with van der Waals surface area (Å²) in [6.45, 7) is 2.77. The third kappa shape index (κ3) is 2.68. The summed E-state index contributed by atoms with van der Waals surface area (Å²) in [5.74, 6) is 2.40. The molecule has 1 fully saturated rings. The van der Waals surface area contributed by atoms with Crippen LogP contribution in [0, 0.1) is 0 Å². The fourth-order valence-electron chi connectivity index (χ4n) is 3.03. The van der Waals surface area contributed by atoms with Crippen molar-refractivity contribution in [3.05, 3.63) is 47.2 Å². The minimum atomic E-state index is 0.628. The minimum Gasteiger partial charge on any atom is -0.481 e. The summed E-state index contributed by atoms with van der Waals surface area (Å²) in [7, 11) is 1.67. The molecule has 0 unspecified atom stereocenters. The summed E-state index contributed by atoms with van der Waals surface area (Å²) < 4.78 is 5.34. The van der Waals surface area contributed by atoms with Crippen LogP contribution in [0.1, 0.15) is 41.4 Å². The van der Waals surface area contributed by atoms with Gasteiger partial charge >= 0.3 is 0 Å². The number of rotatable bonds is 4. The van der Waals surface area contributed by atoms with E-state index in [1.807, 2.05) is 12.3 Å². The number of methoxy groups -OCH3 is 1. The lowest BCUT2D eigenvalue weighted by Crippen LogP contribution is -2.31. The van der Waals surface area contributed by atoms with Crippen LogP contribution in [-0.4, -0.2) is 33.5 Å². The van der Waals surface area contributed by atoms with Gasteiger partial charge in [0.15, 0.2) is 0 Å². The summed E-state index contributed by atoms with van der Waals surface area (Å²) in [4.78, 5) is 16.0. The van der Waals surface area contributed by atoms with Gasteiger partial charge < -0.3 is 4.74 Å². The third-order valence-corrected chi connectivity index (χ3v) is 4.41. The van der Waals surface area contributed by atoms with E-state index in [1.165, 1.54) is 24.1 Å². The summed E-state index contributed by atoms with van der Waals surface area (Å²) in [6.07, 6.45) is 7.31. The highest BCUT2D eigenvalue weighted by atomic mass is 16.5. The van der Waals surface area contributed by atoms with Gasteiger partial charge in [-0.25, -0.2) is 15.0 Å². The van der Waals surface area contributed by atoms with Gasteiger partial charge in [-0.1, -0.05) is 6.07 Å². The third-order valence-electron chi connectivity index (χ3n) is 4.41. The topological polar surface area (TPSA) is 51.1 Å². The monoisotopic (exact) mass is 296 g/mol. The molecule has 114 valence electrons. The Kier molecular flexibility index (Phi) is 3.50. The molecule has 0 saturated heterocycles. The van der Waals surface area contributed by atoms with Crippen LogP contribution in [0.25, 0.3) is 0 Å². The van der Waals surface area contributed by atoms with E-state index in [1.54, 1.807) is 13.3 Å². The predicted octanol–water partition coefficient (Wildman–Crippen LogP) is 2.32. The van der Waals surface area contributed by atoms with Crippen molar-refractivity contribution >= 4 is 0 Å². The molecule has 22 heavy (non-hydrogen) atoms. The summed E-state index contributed by atoms with van der Waals surface area (Å²) in [6, 6.07) is 4.04. The molecule has 1 saturated carbocycles. The molecule has 0 radical (unpaired) electrons. The van der Waals surface area contributed by atoms with Gasteiger partial charge in [0.05, 0.1) is 7.11 Å². The maximum atomic E-state index is 5.34. The number of fused-ring (bicyclic) bond motifs is 1. The van der Waals surface area contributed by atoms with Crippen molar-refractivity contribution in [2.45, 2.75) is 38.3 Å². The fraction of sp³-hybridized carbons (Fsp3) is 0.471. The number of hydrogen-bond donors (Lipinski definition) is 0. The molecular formula is C17H20N4O. The van der Waals surface area contributed by atoms with Gasteiger partial charge in [-0.2, -0.15) is 0 Å². The second kappa shape index (κ2) is 5.65. The Bertz CT molecular complexity index is 684. The van der Waals surface area contributed by atoms with Crippen LogP contribution in [0.5, 0.6) is 5.88 Å². The normalized spacial score (nSPS) is 18.0. The number of ether oxygens (including phenoxy) is 1. The highest BCUT2D eigenvalue weighted by molar-refractivity contribution is 5.27. The SMILES string of the molecule is COc1ncccc1CN1CCc2nc(C3CC3)ncc2C1. The van der Waals surface area contributed by atoms with Crippen LogP contribution in [0.2, 0.25) is 0 Å². The van der Waals surface area contributed by atoms with E-state index in [4.69, 9.17) is 9.72 Å². The van der Waals surface area contributed by atoms with Crippen LogP contribution in [-0.2, 0) is 19.5 Å². The Hall–Kier alpha value is -2.01. The first-order chi connectivity index (χ1) is 10.8. The van der Waals surface area contributed by atoms with E-state index >= 15 is 0 Å². The molecule has 1 aliphatic carbocycles. The molecule has 5 heteroatoms. The molecule has 1 aliphatic heterocycles. The average molecular weight is 296 g/mol. The second-order valence-corrected chi connectivity index (χ2v) is 6.11. The van der Waals surface area contributed by atoms with Gasteiger partial charge in [-0.15, -0.1) is 0 Å². The first-order valence-corrected chi connectivity index (χ1v) is 7.88. The van der Waals surface area contributed by atoms with Crippen molar-refractivity contribution in [1.82, 2.24) is 19.9 Å². The molecule has 0 aromatic carbocycles. The second-order valence-electron chi connectivity index (χ2n) is 6.11. The Labute approximate surface area is 130 Å². The van der Waals surface area contributed by atoms with E-state index in [0.29, 0.717) is 11.8 Å². The first kappa shape index (κ1) is 13.6. The van der Waals surface area contributed by atoms with Crippen molar-refractivity contribution in [2.75, 3.05) is 13.7 Å². The van der Waals surface area contributed by atoms with Crippen LogP contribution in [0.4, 0.5) is 0 Å². The zero-order chi connectivity index (χ0) is 14.9. The minimum absolute atomic E-state index is 0.628. The van der Waals surface area contributed by atoms with E-state index in [2.05, 4.69) is 20.9 Å². The van der Waals surface area contributed by atoms with E-state index in [0.717, 1.165) is 37.4 Å². The molecule has 0 amide bonds. The van der Waals surface area contributed by atoms with Crippen molar-refractivity contribution in [3.63, 3.8) is 0 Å². The van der Waals surface area contributed by atoms with Crippen LogP contribution in [0.15, 0.2) is 24.5 Å². The summed E-state index contributed by atoms with van der Waals surface area (Å²) in [5, 5.41) is 0. The molecule has 3 heterocycles. The lowest BCUT2D eigenvalue weighted by Gasteiger charge is -2.28. The zero-order valence-corrected chi connectivity index (χ0v) is 12.8. The molecule has 0 atom stereocenters. The maximum Gasteiger partial charge on any atom is 0.217 e. The Morgan fingerprint density at radius 2 is 2.23 bits per heavy atom. The number of nitrogens with zero attached hydrogens (tertiary/aromatic N) is 4. The molecule has 4 rings (SSSR count). The molecule has 0 N–H and O–H groups in total. The standard InChI is InChI=1S/C17H20N4O/c1-22-17-13(3-2-7-18-17)10-21-8-6-15-14(11-21)9-19-16(20-15)12-4-5-12/h2-3,7,9,12H,4-6,8,10-11H2,1H3. The van der Waals surface area contributed by atoms with Crippen molar-refractivity contribution in [2.24, 2.45) is 0 Å². The van der Waals surface area contributed by atoms with E-state index < -0.39 is 0 Å². The van der Waals surface area contributed by atoms with Gasteiger partial charge in [0.25, 0.3) is 0 Å². The molecule has 5 nitrogen and oxygen atoms in total. The maximum absolute atomic E-state index is 5.34. The van der Waals surface area contributed by atoms with E-state index in [-0.39, 0.29) is 0 Å². The molecule has 0 spiro atoms. The smallest absolute Gasteiger partial charge is 0.217 e. The average Bonchev–Trinajstić information content (AvgIpc) is 3.40. The van der Waals surface area contributed by atoms with Crippen molar-refractivity contribution < 1.29 is 4.74 Å². The van der Waals surface area contributed by atoms with Gasteiger partial charge in [-0.3, -0.25) is 4.90 Å². The van der Waals surface area contributed by atoms with Gasteiger partial charge in [-0.05, 0) is 18.9 Å². The van der Waals surface area contributed by atoms with Crippen LogP contribution in [0.3, 0.4) is 0 Å². The van der Waals surface area contributed by atoms with Crippen molar-refractivity contribution in [3.8, 4) is 5.88 Å². The van der Waals surface area contributed by atoms with Gasteiger partial charge in [0.2, 0.25) is 5.88 Å². The number of pyridine rings is 1. The van der Waals surface area contributed by atoms with Crippen LogP contribution >= 0.6 is 0 Å². The number of hydrogen-bond acceptors (Lipinski definition) is 5. The highest BCUT2D eigenvalue weighted by Crippen LogP contribution is 2.38. The highest BCUT2D eigenvalue weighted by Gasteiger charge is 2.28. The lowest BCUT2D eigenvalue weighted by atomic mass is 10.1.